The second-order valence-electron chi connectivity index (χ2n) is 1.19. The molecule has 0 rings (SSSR count). The van der Waals surface area contributed by atoms with Crippen molar-refractivity contribution in [3.05, 3.63) is 0 Å². The van der Waals surface area contributed by atoms with Crippen molar-refractivity contribution in [1.29, 1.82) is 0 Å². The lowest BCUT2D eigenvalue weighted by atomic mass is 10.9. The van der Waals surface area contributed by atoms with Gasteiger partial charge in [0.05, 0.1) is 6.61 Å². The molecule has 6 nitrogen and oxygen atoms in total. The van der Waals surface area contributed by atoms with Gasteiger partial charge in [-0.05, 0) is 6.92 Å². The molecule has 10 heavy (non-hydrogen) atoms. The second kappa shape index (κ2) is 4.42. The Kier molecular flexibility index (Phi) is 3.78. The van der Waals surface area contributed by atoms with Crippen LogP contribution in [0.2, 0.25) is 0 Å². The first-order valence-corrected chi connectivity index (χ1v) is 2.49. The Balaban J connectivity index is 3.30. The van der Waals surface area contributed by atoms with Crippen molar-refractivity contribution in [3.8, 4) is 0 Å². The lowest BCUT2D eigenvalue weighted by molar-refractivity contribution is 0.0215. The van der Waals surface area contributed by atoms with E-state index in [1.54, 1.807) is 6.92 Å². The molecule has 0 spiro atoms. The summed E-state index contributed by atoms with van der Waals surface area (Å²) in [7, 11) is 0. The highest BCUT2D eigenvalue weighted by Crippen LogP contribution is 1.79. The quantitative estimate of drug-likeness (QED) is 0.414. The first kappa shape index (κ1) is 8.54. The first-order chi connectivity index (χ1) is 4.66. The average Bonchev–Trinajstić information content (AvgIpc) is 1.85. The fourth-order valence-corrected chi connectivity index (χ4v) is 0.233. The molecule has 0 aromatic carbocycles. The van der Waals surface area contributed by atoms with Gasteiger partial charge in [0, 0.05) is 0 Å². The summed E-state index contributed by atoms with van der Waals surface area (Å²) in [6.45, 7) is 1.71. The molecule has 0 aromatic heterocycles. The Morgan fingerprint density at radius 1 is 1.60 bits per heavy atom. The van der Waals surface area contributed by atoms with Crippen LogP contribution in [0, 0.1) is 0 Å². The maximum Gasteiger partial charge on any atom is 0.533 e. The van der Waals surface area contributed by atoms with Crippen LogP contribution in [0.4, 0.5) is 9.59 Å². The Hall–Kier alpha value is -1.46. The molecule has 0 aliphatic carbocycles. The molecule has 2 N–H and O–H groups in total. The molecule has 0 bridgehead atoms. The lowest BCUT2D eigenvalue weighted by Crippen LogP contribution is -2.25. The summed E-state index contributed by atoms with van der Waals surface area (Å²) in [6, 6.07) is 0. The molecule has 0 heterocycles. The van der Waals surface area contributed by atoms with Gasteiger partial charge in [0.1, 0.15) is 0 Å². The lowest BCUT2D eigenvalue weighted by Gasteiger charge is -2.00. The zero-order valence-electron chi connectivity index (χ0n) is 5.29. The summed E-state index contributed by atoms with van der Waals surface area (Å²) in [5.41, 5.74) is 1.37. The van der Waals surface area contributed by atoms with E-state index in [4.69, 9.17) is 5.11 Å². The van der Waals surface area contributed by atoms with Crippen LogP contribution in [0.25, 0.3) is 0 Å². The van der Waals surface area contributed by atoms with E-state index in [9.17, 15) is 9.59 Å². The number of hydrogen-bond acceptors (Lipinski definition) is 4. The van der Waals surface area contributed by atoms with Crippen molar-refractivity contribution in [1.82, 2.24) is 5.48 Å². The monoisotopic (exact) mass is 149 g/mol. The predicted octanol–water partition coefficient (Wildman–Crippen LogP) is 0.342. The topological polar surface area (TPSA) is 84.9 Å². The summed E-state index contributed by atoms with van der Waals surface area (Å²) in [4.78, 5) is 23.7. The Bertz CT molecular complexity index is 134. The number of carbonyl (C=O) groups excluding carboxylic acids is 1. The zero-order chi connectivity index (χ0) is 7.98. The molecule has 0 fully saturated rings. The van der Waals surface area contributed by atoms with Crippen molar-refractivity contribution in [2.45, 2.75) is 6.92 Å². The summed E-state index contributed by atoms with van der Waals surface area (Å²) in [5.74, 6) is 0. The maximum atomic E-state index is 10.2. The van der Waals surface area contributed by atoms with Gasteiger partial charge >= 0.3 is 12.2 Å². The summed E-state index contributed by atoms with van der Waals surface area (Å²) in [6.07, 6.45) is -2.52. The second-order valence-corrected chi connectivity index (χ2v) is 1.19. The number of carboxylic acid groups (broad SMARTS) is 1. The van der Waals surface area contributed by atoms with Crippen molar-refractivity contribution >= 4 is 12.2 Å². The van der Waals surface area contributed by atoms with Crippen LogP contribution in [0.5, 0.6) is 0 Å². The predicted molar refractivity (Wildman–Crippen MR) is 29.3 cm³/mol. The maximum absolute atomic E-state index is 10.2. The Labute approximate surface area is 56.7 Å². The van der Waals surface area contributed by atoms with E-state index in [0.29, 0.717) is 0 Å². The van der Waals surface area contributed by atoms with Gasteiger partial charge in [0.2, 0.25) is 0 Å². The van der Waals surface area contributed by atoms with E-state index in [2.05, 4.69) is 9.57 Å². The summed E-state index contributed by atoms with van der Waals surface area (Å²) in [5, 5.41) is 7.89. The average molecular weight is 149 g/mol. The van der Waals surface area contributed by atoms with Crippen LogP contribution in [0.15, 0.2) is 0 Å². The molecule has 0 saturated carbocycles. The minimum Gasteiger partial charge on any atom is -0.463 e. The van der Waals surface area contributed by atoms with Gasteiger partial charge in [-0.25, -0.2) is 9.59 Å². The molecule has 0 aliphatic heterocycles. The summed E-state index contributed by atoms with van der Waals surface area (Å²) < 4.78 is 4.21. The van der Waals surface area contributed by atoms with Crippen LogP contribution in [-0.2, 0) is 9.57 Å². The summed E-state index contributed by atoms with van der Waals surface area (Å²) >= 11 is 0. The third-order valence-corrected chi connectivity index (χ3v) is 0.484. The minimum atomic E-state index is -1.45. The molecule has 0 unspecified atom stereocenters. The molecule has 0 atom stereocenters. The van der Waals surface area contributed by atoms with E-state index >= 15 is 0 Å². The normalized spacial score (nSPS) is 8.10. The van der Waals surface area contributed by atoms with Crippen LogP contribution >= 0.6 is 0 Å². The number of rotatable bonds is 1. The Morgan fingerprint density at radius 3 is 2.60 bits per heavy atom. The van der Waals surface area contributed by atoms with Gasteiger partial charge in [-0.15, -0.1) is 5.48 Å². The van der Waals surface area contributed by atoms with E-state index in [0.717, 1.165) is 0 Å². The van der Waals surface area contributed by atoms with Gasteiger partial charge < -0.3 is 14.7 Å². The number of hydrogen-bond donors (Lipinski definition) is 2. The van der Waals surface area contributed by atoms with Crippen LogP contribution < -0.4 is 5.48 Å². The van der Waals surface area contributed by atoms with E-state index < -0.39 is 12.2 Å². The molecular formula is C4H7NO5. The van der Waals surface area contributed by atoms with Crippen molar-refractivity contribution in [3.63, 3.8) is 0 Å². The fraction of sp³-hybridized carbons (Fsp3) is 0.500. The van der Waals surface area contributed by atoms with E-state index in [1.807, 2.05) is 0 Å². The third kappa shape index (κ3) is 4.69. The van der Waals surface area contributed by atoms with Gasteiger partial charge in [-0.3, -0.25) is 0 Å². The highest BCUT2D eigenvalue weighted by Gasteiger charge is 2.03. The number of hydroxylamine groups is 1. The SMILES string of the molecule is CCOC(=O)ONC(=O)O. The molecule has 0 aliphatic rings. The molecule has 1 amide bonds. The van der Waals surface area contributed by atoms with Gasteiger partial charge in [0.15, 0.2) is 0 Å². The smallest absolute Gasteiger partial charge is 0.463 e. The molecule has 0 aromatic rings. The number of ether oxygens (including phenoxy) is 1. The molecule has 0 radical (unpaired) electrons. The van der Waals surface area contributed by atoms with E-state index in [1.165, 1.54) is 5.48 Å². The fourth-order valence-electron chi connectivity index (χ4n) is 0.233. The van der Waals surface area contributed by atoms with Crippen LogP contribution in [0.1, 0.15) is 6.92 Å². The first-order valence-electron chi connectivity index (χ1n) is 2.49. The van der Waals surface area contributed by atoms with E-state index in [-0.39, 0.29) is 6.61 Å². The van der Waals surface area contributed by atoms with Crippen LogP contribution in [0.3, 0.4) is 0 Å². The number of carbonyl (C=O) groups is 2. The van der Waals surface area contributed by atoms with Crippen molar-refractivity contribution < 1.29 is 24.3 Å². The zero-order valence-corrected chi connectivity index (χ0v) is 5.29. The molecule has 6 heteroatoms. The molecule has 58 valence electrons. The highest BCUT2D eigenvalue weighted by molar-refractivity contribution is 5.67. The Morgan fingerprint density at radius 2 is 2.20 bits per heavy atom. The van der Waals surface area contributed by atoms with Gasteiger partial charge in [-0.1, -0.05) is 0 Å². The van der Waals surface area contributed by atoms with Gasteiger partial charge in [-0.2, -0.15) is 0 Å². The highest BCUT2D eigenvalue weighted by atomic mass is 16.8. The van der Waals surface area contributed by atoms with Crippen molar-refractivity contribution in [2.75, 3.05) is 6.61 Å². The minimum absolute atomic E-state index is 0.139. The third-order valence-electron chi connectivity index (χ3n) is 0.484. The molecule has 0 saturated heterocycles. The standard InChI is InChI=1S/C4H7NO5/c1-2-9-4(8)10-5-3(6)7/h5H,2H2,1H3,(H,6,7). The molecular weight excluding hydrogens is 142 g/mol. The number of nitrogens with one attached hydrogen (secondary N) is 1. The van der Waals surface area contributed by atoms with Gasteiger partial charge in [0.25, 0.3) is 0 Å². The largest absolute Gasteiger partial charge is 0.533 e. The number of amides is 1. The van der Waals surface area contributed by atoms with Crippen LogP contribution in [-0.4, -0.2) is 24.0 Å². The van der Waals surface area contributed by atoms with Crippen molar-refractivity contribution in [2.24, 2.45) is 0 Å².